The molecule has 0 amide bonds. The molecule has 0 radical (unpaired) electrons. The lowest BCUT2D eigenvalue weighted by Gasteiger charge is -2.09. The van der Waals surface area contributed by atoms with Crippen LogP contribution in [0.1, 0.15) is 11.3 Å². The third kappa shape index (κ3) is 3.35. The number of aromatic amines is 1. The predicted molar refractivity (Wildman–Crippen MR) is 73.2 cm³/mol. The summed E-state index contributed by atoms with van der Waals surface area (Å²) in [4.78, 5) is 12.3. The van der Waals surface area contributed by atoms with Gasteiger partial charge >= 0.3 is 4.87 Å². The van der Waals surface area contributed by atoms with Gasteiger partial charge in [-0.3, -0.25) is 4.79 Å². The number of halogens is 2. The molecule has 1 aromatic carbocycles. The molecule has 0 unspecified atom stereocenters. The lowest BCUT2D eigenvalue weighted by Crippen LogP contribution is -2.25. The van der Waals surface area contributed by atoms with E-state index in [0.29, 0.717) is 5.69 Å². The molecule has 0 aliphatic rings. The van der Waals surface area contributed by atoms with Crippen molar-refractivity contribution in [2.24, 2.45) is 5.73 Å². The van der Waals surface area contributed by atoms with Crippen molar-refractivity contribution in [3.05, 3.63) is 50.1 Å². The zero-order chi connectivity index (χ0) is 15.6. The Kier molecular flexibility index (Phi) is 4.52. The van der Waals surface area contributed by atoms with E-state index in [1.165, 1.54) is 5.38 Å². The molecular weight excluding hydrogens is 324 g/mol. The number of benzene rings is 1. The summed E-state index contributed by atoms with van der Waals surface area (Å²) in [6.07, 6.45) is 0. The van der Waals surface area contributed by atoms with E-state index >= 15 is 0 Å². The average Bonchev–Trinajstić information content (AvgIpc) is 2.83. The number of nitrogens with one attached hydrogen (secondary N) is 2. The van der Waals surface area contributed by atoms with Gasteiger partial charge in [-0.15, -0.1) is 0 Å². The smallest absolute Gasteiger partial charge is 0.304 e. The summed E-state index contributed by atoms with van der Waals surface area (Å²) in [5.74, 6) is -2.13. The molecule has 1 aromatic heterocycles. The molecule has 10 heteroatoms. The van der Waals surface area contributed by atoms with E-state index in [9.17, 15) is 22.0 Å². The molecule has 2 rings (SSSR count). The number of nitrogens with two attached hydrogens (primary N) is 1. The topological polar surface area (TPSA) is 105 Å². The Hall–Kier alpha value is -1.62. The van der Waals surface area contributed by atoms with Crippen LogP contribution >= 0.6 is 11.3 Å². The minimum atomic E-state index is -4.19. The van der Waals surface area contributed by atoms with Gasteiger partial charge < -0.3 is 10.7 Å². The van der Waals surface area contributed by atoms with Crippen molar-refractivity contribution in [3.8, 4) is 0 Å². The Morgan fingerprint density at radius 3 is 2.62 bits per heavy atom. The zero-order valence-electron chi connectivity index (χ0n) is 10.5. The van der Waals surface area contributed by atoms with Crippen molar-refractivity contribution < 1.29 is 17.2 Å². The molecule has 6 nitrogen and oxygen atoms in total. The molecule has 0 spiro atoms. The fraction of sp³-hybridized carbons (Fsp3) is 0.182. The van der Waals surface area contributed by atoms with E-state index in [0.717, 1.165) is 23.5 Å². The van der Waals surface area contributed by atoms with E-state index in [2.05, 4.69) is 9.71 Å². The fourth-order valence-corrected chi connectivity index (χ4v) is 3.31. The van der Waals surface area contributed by atoms with Gasteiger partial charge in [0.2, 0.25) is 10.0 Å². The molecule has 0 aliphatic heterocycles. The molecule has 0 saturated heterocycles. The van der Waals surface area contributed by atoms with Gasteiger partial charge in [0.15, 0.2) is 5.82 Å². The van der Waals surface area contributed by atoms with Crippen molar-refractivity contribution >= 4 is 21.4 Å². The lowest BCUT2D eigenvalue weighted by atomic mass is 10.2. The van der Waals surface area contributed by atoms with Crippen LogP contribution in [0.2, 0.25) is 0 Å². The van der Waals surface area contributed by atoms with E-state index in [4.69, 9.17) is 5.73 Å². The molecule has 0 bridgehead atoms. The van der Waals surface area contributed by atoms with Crippen LogP contribution in [0.4, 0.5) is 8.78 Å². The second-order valence-corrected chi connectivity index (χ2v) is 6.62. The van der Waals surface area contributed by atoms with Crippen LogP contribution in [-0.2, 0) is 23.1 Å². The van der Waals surface area contributed by atoms with Crippen LogP contribution in [0, 0.1) is 11.6 Å². The zero-order valence-corrected chi connectivity index (χ0v) is 12.2. The van der Waals surface area contributed by atoms with Crippen molar-refractivity contribution in [3.63, 3.8) is 0 Å². The first kappa shape index (κ1) is 15.8. The minimum absolute atomic E-state index is 0.212. The first-order valence-electron chi connectivity index (χ1n) is 5.68. The Balaban J connectivity index is 2.29. The number of sulfonamides is 1. The van der Waals surface area contributed by atoms with Crippen LogP contribution < -0.4 is 15.3 Å². The monoisotopic (exact) mass is 335 g/mol. The SMILES string of the molecule is NCc1c(F)ccc(S(=O)(=O)NCc2csc(=O)[nH]2)c1F. The summed E-state index contributed by atoms with van der Waals surface area (Å²) < 4.78 is 53.4. The summed E-state index contributed by atoms with van der Waals surface area (Å²) in [6, 6.07) is 1.66. The Morgan fingerprint density at radius 2 is 2.05 bits per heavy atom. The molecule has 1 heterocycles. The number of hydrogen-bond acceptors (Lipinski definition) is 5. The summed E-state index contributed by atoms with van der Waals surface area (Å²) in [6.45, 7) is -0.672. The first-order chi connectivity index (χ1) is 9.85. The number of thiazole rings is 1. The average molecular weight is 335 g/mol. The molecule has 4 N–H and O–H groups in total. The largest absolute Gasteiger partial charge is 0.326 e. The molecule has 0 saturated carbocycles. The van der Waals surface area contributed by atoms with E-state index in [1.807, 2.05) is 0 Å². The fourth-order valence-electron chi connectivity index (χ4n) is 1.62. The maximum atomic E-state index is 14.0. The molecule has 0 aliphatic carbocycles. The van der Waals surface area contributed by atoms with Gasteiger partial charge in [0.05, 0.1) is 6.54 Å². The maximum absolute atomic E-state index is 14.0. The second-order valence-electron chi connectivity index (χ2n) is 4.04. The van der Waals surface area contributed by atoms with E-state index in [1.54, 1.807) is 0 Å². The van der Waals surface area contributed by atoms with E-state index < -0.39 is 38.7 Å². The Morgan fingerprint density at radius 1 is 1.33 bits per heavy atom. The highest BCUT2D eigenvalue weighted by atomic mass is 32.2. The van der Waals surface area contributed by atoms with Gasteiger partial charge in [0, 0.05) is 23.2 Å². The van der Waals surface area contributed by atoms with Crippen molar-refractivity contribution in [2.75, 3.05) is 0 Å². The highest BCUT2D eigenvalue weighted by Crippen LogP contribution is 2.20. The highest BCUT2D eigenvalue weighted by molar-refractivity contribution is 7.89. The maximum Gasteiger partial charge on any atom is 0.304 e. The van der Waals surface area contributed by atoms with Crippen molar-refractivity contribution in [1.29, 1.82) is 0 Å². The van der Waals surface area contributed by atoms with Gasteiger partial charge in [0.25, 0.3) is 0 Å². The molecule has 0 fully saturated rings. The third-order valence-corrected chi connectivity index (χ3v) is 4.80. The highest BCUT2D eigenvalue weighted by Gasteiger charge is 2.23. The number of aromatic nitrogens is 1. The van der Waals surface area contributed by atoms with Gasteiger partial charge in [-0.25, -0.2) is 21.9 Å². The van der Waals surface area contributed by atoms with Crippen LogP contribution in [0.5, 0.6) is 0 Å². The van der Waals surface area contributed by atoms with Crippen LogP contribution in [0.25, 0.3) is 0 Å². The summed E-state index contributed by atoms with van der Waals surface area (Å²) in [5, 5.41) is 1.44. The quantitative estimate of drug-likeness (QED) is 0.746. The molecule has 2 aromatic rings. The summed E-state index contributed by atoms with van der Waals surface area (Å²) in [5.41, 5.74) is 5.04. The molecule has 21 heavy (non-hydrogen) atoms. The Bertz CT molecular complexity index is 814. The van der Waals surface area contributed by atoms with Crippen LogP contribution in [0.3, 0.4) is 0 Å². The number of H-pyrrole nitrogens is 1. The van der Waals surface area contributed by atoms with Crippen molar-refractivity contribution in [1.82, 2.24) is 9.71 Å². The summed E-state index contributed by atoms with van der Waals surface area (Å²) >= 11 is 0.876. The van der Waals surface area contributed by atoms with Gasteiger partial charge in [-0.1, -0.05) is 11.3 Å². The first-order valence-corrected chi connectivity index (χ1v) is 8.04. The third-order valence-electron chi connectivity index (χ3n) is 2.67. The second kappa shape index (κ2) is 6.02. The Labute approximate surface area is 122 Å². The summed E-state index contributed by atoms with van der Waals surface area (Å²) in [7, 11) is -4.19. The number of rotatable bonds is 5. The predicted octanol–water partition coefficient (Wildman–Crippen LogP) is 0.652. The standard InChI is InChI=1S/C11H11F2N3O3S2/c12-8-1-2-9(10(13)7(8)3-14)21(18,19)15-4-6-5-20-11(17)16-6/h1-2,5,15H,3-4,14H2,(H,16,17). The lowest BCUT2D eigenvalue weighted by molar-refractivity contribution is 0.525. The minimum Gasteiger partial charge on any atom is -0.326 e. The van der Waals surface area contributed by atoms with Gasteiger partial charge in [-0.05, 0) is 12.1 Å². The van der Waals surface area contributed by atoms with Gasteiger partial charge in [0.1, 0.15) is 10.7 Å². The molecular formula is C11H11F2N3O3S2. The number of hydrogen-bond donors (Lipinski definition) is 3. The normalized spacial score (nSPS) is 11.8. The molecule has 0 atom stereocenters. The van der Waals surface area contributed by atoms with Crippen LogP contribution in [-0.4, -0.2) is 13.4 Å². The molecule has 114 valence electrons. The van der Waals surface area contributed by atoms with Crippen LogP contribution in [0.15, 0.2) is 27.2 Å². The van der Waals surface area contributed by atoms with Crippen molar-refractivity contribution in [2.45, 2.75) is 18.0 Å². The van der Waals surface area contributed by atoms with E-state index in [-0.39, 0.29) is 11.4 Å². The van der Waals surface area contributed by atoms with Gasteiger partial charge in [-0.2, -0.15) is 0 Å².